The molecule has 1 aliphatic carbocycles. The van der Waals surface area contributed by atoms with Crippen molar-refractivity contribution in [2.24, 2.45) is 0 Å². The molecule has 3 nitrogen and oxygen atoms in total. The van der Waals surface area contributed by atoms with Crippen LogP contribution in [0.3, 0.4) is 0 Å². The lowest BCUT2D eigenvalue weighted by Gasteiger charge is -2.43. The maximum atomic E-state index is 5.78. The molecule has 1 aromatic rings. The summed E-state index contributed by atoms with van der Waals surface area (Å²) in [6, 6.07) is 2.25. The van der Waals surface area contributed by atoms with E-state index in [1.54, 1.807) is 6.26 Å². The van der Waals surface area contributed by atoms with Gasteiger partial charge in [-0.15, -0.1) is 0 Å². The van der Waals surface area contributed by atoms with Crippen molar-refractivity contribution in [1.29, 1.82) is 0 Å². The molecule has 0 amide bonds. The molecule has 108 valence electrons. The number of nitrogens with zero attached hydrogens (tertiary/aromatic N) is 1. The van der Waals surface area contributed by atoms with E-state index in [1.807, 2.05) is 6.07 Å². The average molecular weight is 329 g/mol. The summed E-state index contributed by atoms with van der Waals surface area (Å²) in [7, 11) is 4.39. The molecule has 1 atom stereocenters. The smallest absolute Gasteiger partial charge is 0.136 e. The van der Waals surface area contributed by atoms with E-state index in [0.717, 1.165) is 23.2 Å². The summed E-state index contributed by atoms with van der Waals surface area (Å²) in [4.78, 5) is 2.39. The SMILES string of the molecule is CCCNC(c1occc1Br)C1(N(C)C)CCCC1. The third-order valence-corrected chi connectivity index (χ3v) is 5.06. The Morgan fingerprint density at radius 1 is 1.42 bits per heavy atom. The van der Waals surface area contributed by atoms with Gasteiger partial charge >= 0.3 is 0 Å². The zero-order valence-corrected chi connectivity index (χ0v) is 13.8. The summed E-state index contributed by atoms with van der Waals surface area (Å²) >= 11 is 3.63. The minimum absolute atomic E-state index is 0.176. The summed E-state index contributed by atoms with van der Waals surface area (Å²) in [5, 5.41) is 3.71. The molecule has 0 radical (unpaired) electrons. The fourth-order valence-corrected chi connectivity index (χ4v) is 3.74. The first-order chi connectivity index (χ1) is 9.12. The van der Waals surface area contributed by atoms with Crippen LogP contribution in [0.15, 0.2) is 21.2 Å². The third kappa shape index (κ3) is 2.91. The fourth-order valence-electron chi connectivity index (χ4n) is 3.31. The number of hydrogen-bond donors (Lipinski definition) is 1. The Balaban J connectivity index is 2.33. The van der Waals surface area contributed by atoms with Crippen LogP contribution in [0, 0.1) is 0 Å². The van der Waals surface area contributed by atoms with E-state index in [-0.39, 0.29) is 11.6 Å². The second kappa shape index (κ2) is 6.42. The fraction of sp³-hybridized carbons (Fsp3) is 0.733. The van der Waals surface area contributed by atoms with E-state index in [4.69, 9.17) is 4.42 Å². The largest absolute Gasteiger partial charge is 0.466 e. The Hall–Kier alpha value is -0.320. The van der Waals surface area contributed by atoms with Crippen molar-refractivity contribution in [3.05, 3.63) is 22.6 Å². The molecule has 1 aromatic heterocycles. The highest BCUT2D eigenvalue weighted by Crippen LogP contribution is 2.45. The minimum atomic E-state index is 0.176. The lowest BCUT2D eigenvalue weighted by Crippen LogP contribution is -2.52. The molecular weight excluding hydrogens is 304 g/mol. The quantitative estimate of drug-likeness (QED) is 0.856. The van der Waals surface area contributed by atoms with Crippen molar-refractivity contribution in [2.75, 3.05) is 20.6 Å². The molecule has 0 saturated heterocycles. The van der Waals surface area contributed by atoms with E-state index < -0.39 is 0 Å². The number of halogens is 1. The highest BCUT2D eigenvalue weighted by molar-refractivity contribution is 9.10. The monoisotopic (exact) mass is 328 g/mol. The van der Waals surface area contributed by atoms with Crippen LogP contribution in [0.25, 0.3) is 0 Å². The molecule has 2 rings (SSSR count). The Morgan fingerprint density at radius 3 is 2.58 bits per heavy atom. The lowest BCUT2D eigenvalue weighted by molar-refractivity contribution is 0.0928. The summed E-state index contributed by atoms with van der Waals surface area (Å²) in [6.45, 7) is 3.23. The highest BCUT2D eigenvalue weighted by Gasteiger charge is 2.45. The van der Waals surface area contributed by atoms with Crippen LogP contribution in [0.2, 0.25) is 0 Å². The summed E-state index contributed by atoms with van der Waals surface area (Å²) in [5.41, 5.74) is 0.176. The van der Waals surface area contributed by atoms with Gasteiger partial charge < -0.3 is 14.6 Å². The van der Waals surface area contributed by atoms with Crippen molar-refractivity contribution in [3.8, 4) is 0 Å². The van der Waals surface area contributed by atoms with E-state index in [1.165, 1.54) is 25.7 Å². The second-order valence-electron chi connectivity index (χ2n) is 5.73. The standard InChI is InChI=1S/C15H25BrN2O/c1-4-10-17-14(13-12(16)7-11-19-13)15(18(2)3)8-5-6-9-15/h7,11,14,17H,4-6,8-10H2,1-3H3. The van der Waals surface area contributed by atoms with Crippen LogP contribution >= 0.6 is 15.9 Å². The molecule has 1 heterocycles. The molecule has 4 heteroatoms. The molecule has 0 bridgehead atoms. The predicted molar refractivity (Wildman–Crippen MR) is 82.3 cm³/mol. The Kier molecular flexibility index (Phi) is 5.09. The van der Waals surface area contributed by atoms with E-state index >= 15 is 0 Å². The van der Waals surface area contributed by atoms with Crippen LogP contribution in [-0.4, -0.2) is 31.1 Å². The lowest BCUT2D eigenvalue weighted by atomic mass is 9.85. The molecule has 0 aromatic carbocycles. The van der Waals surface area contributed by atoms with Gasteiger partial charge in [0.1, 0.15) is 5.76 Å². The van der Waals surface area contributed by atoms with Gasteiger partial charge in [0.05, 0.1) is 16.8 Å². The van der Waals surface area contributed by atoms with Crippen molar-refractivity contribution in [3.63, 3.8) is 0 Å². The van der Waals surface area contributed by atoms with Crippen LogP contribution in [0.4, 0.5) is 0 Å². The maximum absolute atomic E-state index is 5.78. The number of furan rings is 1. The predicted octanol–water partition coefficient (Wildman–Crippen LogP) is 3.96. The van der Waals surface area contributed by atoms with E-state index in [0.29, 0.717) is 0 Å². The van der Waals surface area contributed by atoms with Gasteiger partial charge in [0.2, 0.25) is 0 Å². The molecule has 1 fully saturated rings. The van der Waals surface area contributed by atoms with Crippen molar-refractivity contribution >= 4 is 15.9 Å². The summed E-state index contributed by atoms with van der Waals surface area (Å²) in [6.07, 6.45) is 7.99. The number of nitrogens with one attached hydrogen (secondary N) is 1. The van der Waals surface area contributed by atoms with Crippen molar-refractivity contribution in [2.45, 2.75) is 50.6 Å². The van der Waals surface area contributed by atoms with Crippen LogP contribution in [0.1, 0.15) is 50.8 Å². The zero-order valence-electron chi connectivity index (χ0n) is 12.2. The number of likely N-dealkylation sites (N-methyl/N-ethyl adjacent to an activating group) is 1. The maximum Gasteiger partial charge on any atom is 0.136 e. The second-order valence-corrected chi connectivity index (χ2v) is 6.58. The van der Waals surface area contributed by atoms with Crippen LogP contribution in [0.5, 0.6) is 0 Å². The van der Waals surface area contributed by atoms with Gasteiger partial charge in [-0.25, -0.2) is 0 Å². The van der Waals surface area contributed by atoms with Gasteiger partial charge in [-0.3, -0.25) is 0 Å². The summed E-state index contributed by atoms with van der Waals surface area (Å²) < 4.78 is 6.85. The van der Waals surface area contributed by atoms with E-state index in [2.05, 4.69) is 47.2 Å². The Bertz CT molecular complexity index is 397. The molecule has 0 aliphatic heterocycles. The molecule has 19 heavy (non-hydrogen) atoms. The number of hydrogen-bond acceptors (Lipinski definition) is 3. The van der Waals surface area contributed by atoms with Gasteiger partial charge in [0.25, 0.3) is 0 Å². The highest BCUT2D eigenvalue weighted by atomic mass is 79.9. The van der Waals surface area contributed by atoms with Crippen LogP contribution in [-0.2, 0) is 0 Å². The first kappa shape index (κ1) is 15.1. The van der Waals surface area contributed by atoms with Gasteiger partial charge in [-0.2, -0.15) is 0 Å². The normalized spacial score (nSPS) is 20.1. The van der Waals surface area contributed by atoms with Crippen molar-refractivity contribution < 1.29 is 4.42 Å². The first-order valence-electron chi connectivity index (χ1n) is 7.25. The minimum Gasteiger partial charge on any atom is -0.466 e. The van der Waals surface area contributed by atoms with Crippen LogP contribution < -0.4 is 5.32 Å². The summed E-state index contributed by atoms with van der Waals surface area (Å²) in [5.74, 6) is 1.05. The van der Waals surface area contributed by atoms with Gasteiger partial charge in [-0.05, 0) is 61.9 Å². The average Bonchev–Trinajstić information content (AvgIpc) is 3.01. The molecule has 0 spiro atoms. The molecule has 1 saturated carbocycles. The third-order valence-electron chi connectivity index (χ3n) is 4.40. The number of rotatable bonds is 6. The molecule has 1 unspecified atom stereocenters. The van der Waals surface area contributed by atoms with E-state index in [9.17, 15) is 0 Å². The Morgan fingerprint density at radius 2 is 2.11 bits per heavy atom. The van der Waals surface area contributed by atoms with Crippen molar-refractivity contribution in [1.82, 2.24) is 10.2 Å². The first-order valence-corrected chi connectivity index (χ1v) is 8.05. The Labute approximate surface area is 124 Å². The van der Waals surface area contributed by atoms with Gasteiger partial charge in [0.15, 0.2) is 0 Å². The topological polar surface area (TPSA) is 28.4 Å². The van der Waals surface area contributed by atoms with Gasteiger partial charge in [0, 0.05) is 5.54 Å². The van der Waals surface area contributed by atoms with Gasteiger partial charge in [-0.1, -0.05) is 19.8 Å². The molecular formula is C15H25BrN2O. The zero-order chi connectivity index (χ0) is 13.9. The molecule has 1 aliphatic rings. The molecule has 1 N–H and O–H groups in total.